The molecule has 1 aliphatic rings. The SMILES string of the molecule is CC(C)OC(=O)CNCC1CCCCO1. The highest BCUT2D eigenvalue weighted by atomic mass is 16.5. The summed E-state index contributed by atoms with van der Waals surface area (Å²) in [4.78, 5) is 11.2. The Kier molecular flexibility index (Phi) is 5.65. The number of nitrogens with one attached hydrogen (secondary N) is 1. The second-order valence-electron chi connectivity index (χ2n) is 4.16. The van der Waals surface area contributed by atoms with Crippen molar-refractivity contribution in [3.8, 4) is 0 Å². The van der Waals surface area contributed by atoms with Crippen molar-refractivity contribution in [2.45, 2.75) is 45.3 Å². The van der Waals surface area contributed by atoms with Gasteiger partial charge in [0, 0.05) is 13.2 Å². The van der Waals surface area contributed by atoms with Crippen molar-refractivity contribution in [3.05, 3.63) is 0 Å². The van der Waals surface area contributed by atoms with Crippen molar-refractivity contribution in [2.75, 3.05) is 19.7 Å². The molecule has 0 bridgehead atoms. The minimum absolute atomic E-state index is 0.0368. The van der Waals surface area contributed by atoms with Crippen LogP contribution in [0, 0.1) is 0 Å². The van der Waals surface area contributed by atoms with Crippen molar-refractivity contribution in [1.29, 1.82) is 0 Å². The number of carbonyl (C=O) groups is 1. The second kappa shape index (κ2) is 6.80. The molecule has 1 N–H and O–H groups in total. The molecule has 1 saturated heterocycles. The van der Waals surface area contributed by atoms with E-state index in [-0.39, 0.29) is 24.7 Å². The third kappa shape index (κ3) is 5.74. The predicted octanol–water partition coefficient (Wildman–Crippen LogP) is 1.10. The van der Waals surface area contributed by atoms with E-state index in [1.807, 2.05) is 13.8 Å². The molecule has 1 rings (SSSR count). The first-order valence-electron chi connectivity index (χ1n) is 5.70. The van der Waals surface area contributed by atoms with Gasteiger partial charge in [0.15, 0.2) is 0 Å². The Balaban J connectivity index is 2.02. The molecule has 1 atom stereocenters. The van der Waals surface area contributed by atoms with Gasteiger partial charge in [-0.25, -0.2) is 0 Å². The van der Waals surface area contributed by atoms with Crippen LogP contribution in [0.4, 0.5) is 0 Å². The fourth-order valence-electron chi connectivity index (χ4n) is 1.61. The van der Waals surface area contributed by atoms with Gasteiger partial charge in [-0.15, -0.1) is 0 Å². The lowest BCUT2D eigenvalue weighted by Crippen LogP contribution is -2.35. The van der Waals surface area contributed by atoms with Gasteiger partial charge in [-0.3, -0.25) is 4.79 Å². The molecule has 0 aliphatic carbocycles. The van der Waals surface area contributed by atoms with E-state index in [4.69, 9.17) is 9.47 Å². The molecule has 88 valence electrons. The summed E-state index contributed by atoms with van der Waals surface area (Å²) < 4.78 is 10.5. The van der Waals surface area contributed by atoms with Gasteiger partial charge in [0.25, 0.3) is 0 Å². The van der Waals surface area contributed by atoms with Crippen molar-refractivity contribution < 1.29 is 14.3 Å². The number of esters is 1. The fourth-order valence-corrected chi connectivity index (χ4v) is 1.61. The summed E-state index contributed by atoms with van der Waals surface area (Å²) in [5.41, 5.74) is 0. The second-order valence-corrected chi connectivity index (χ2v) is 4.16. The van der Waals surface area contributed by atoms with Gasteiger partial charge in [0.05, 0.1) is 18.8 Å². The molecule has 0 aromatic rings. The molecule has 15 heavy (non-hydrogen) atoms. The molecule has 4 heteroatoms. The van der Waals surface area contributed by atoms with Gasteiger partial charge in [-0.1, -0.05) is 0 Å². The zero-order chi connectivity index (χ0) is 11.1. The topological polar surface area (TPSA) is 47.6 Å². The molecule has 1 heterocycles. The molecule has 0 aromatic heterocycles. The summed E-state index contributed by atoms with van der Waals surface area (Å²) in [5.74, 6) is -0.194. The summed E-state index contributed by atoms with van der Waals surface area (Å²) in [6.07, 6.45) is 3.71. The lowest BCUT2D eigenvalue weighted by molar-refractivity contribution is -0.146. The van der Waals surface area contributed by atoms with E-state index in [2.05, 4.69) is 5.32 Å². The lowest BCUT2D eigenvalue weighted by Gasteiger charge is -2.22. The van der Waals surface area contributed by atoms with Crippen molar-refractivity contribution in [2.24, 2.45) is 0 Å². The maximum absolute atomic E-state index is 11.2. The van der Waals surface area contributed by atoms with Crippen LogP contribution in [0.2, 0.25) is 0 Å². The highest BCUT2D eigenvalue weighted by Crippen LogP contribution is 2.11. The van der Waals surface area contributed by atoms with E-state index in [1.54, 1.807) is 0 Å². The Hall–Kier alpha value is -0.610. The summed E-state index contributed by atoms with van der Waals surface area (Å²) in [6, 6.07) is 0. The van der Waals surface area contributed by atoms with E-state index in [1.165, 1.54) is 6.42 Å². The van der Waals surface area contributed by atoms with Crippen LogP contribution in [0.15, 0.2) is 0 Å². The zero-order valence-electron chi connectivity index (χ0n) is 9.62. The van der Waals surface area contributed by atoms with Gasteiger partial charge in [-0.2, -0.15) is 0 Å². The van der Waals surface area contributed by atoms with Crippen LogP contribution in [0.25, 0.3) is 0 Å². The smallest absolute Gasteiger partial charge is 0.320 e. The third-order valence-electron chi connectivity index (χ3n) is 2.28. The van der Waals surface area contributed by atoms with Crippen LogP contribution in [0.1, 0.15) is 33.1 Å². The van der Waals surface area contributed by atoms with E-state index in [0.29, 0.717) is 0 Å². The van der Waals surface area contributed by atoms with Crippen LogP contribution < -0.4 is 5.32 Å². The number of carbonyl (C=O) groups excluding carboxylic acids is 1. The highest BCUT2D eigenvalue weighted by molar-refractivity contribution is 5.71. The van der Waals surface area contributed by atoms with E-state index < -0.39 is 0 Å². The number of hydrogen-bond acceptors (Lipinski definition) is 4. The predicted molar refractivity (Wildman–Crippen MR) is 57.7 cm³/mol. The molecule has 0 radical (unpaired) electrons. The minimum atomic E-state index is -0.194. The van der Waals surface area contributed by atoms with E-state index in [9.17, 15) is 4.79 Å². The minimum Gasteiger partial charge on any atom is -0.462 e. The maximum Gasteiger partial charge on any atom is 0.320 e. The fraction of sp³-hybridized carbons (Fsp3) is 0.909. The molecule has 0 amide bonds. The maximum atomic E-state index is 11.2. The highest BCUT2D eigenvalue weighted by Gasteiger charge is 2.13. The molecular formula is C11H21NO3. The van der Waals surface area contributed by atoms with Gasteiger partial charge in [0.1, 0.15) is 0 Å². The number of rotatable bonds is 5. The molecule has 0 saturated carbocycles. The summed E-state index contributed by atoms with van der Waals surface area (Å²) in [5, 5.41) is 3.06. The number of hydrogen-bond donors (Lipinski definition) is 1. The van der Waals surface area contributed by atoms with Crippen molar-refractivity contribution in [1.82, 2.24) is 5.32 Å². The average molecular weight is 215 g/mol. The number of ether oxygens (including phenoxy) is 2. The van der Waals surface area contributed by atoms with Gasteiger partial charge in [0.2, 0.25) is 0 Å². The van der Waals surface area contributed by atoms with Crippen molar-refractivity contribution >= 4 is 5.97 Å². The average Bonchev–Trinajstić information content (AvgIpc) is 2.18. The van der Waals surface area contributed by atoms with Crippen LogP contribution in [-0.2, 0) is 14.3 Å². The van der Waals surface area contributed by atoms with Gasteiger partial charge >= 0.3 is 5.97 Å². The molecular weight excluding hydrogens is 194 g/mol. The largest absolute Gasteiger partial charge is 0.462 e. The molecule has 0 aromatic carbocycles. The summed E-state index contributed by atoms with van der Waals surface area (Å²) >= 11 is 0. The first-order chi connectivity index (χ1) is 7.18. The first-order valence-corrected chi connectivity index (χ1v) is 5.70. The summed E-state index contributed by atoms with van der Waals surface area (Å²) in [6.45, 7) is 5.57. The Morgan fingerprint density at radius 3 is 2.93 bits per heavy atom. The van der Waals surface area contributed by atoms with Crippen LogP contribution >= 0.6 is 0 Å². The quantitative estimate of drug-likeness (QED) is 0.698. The van der Waals surface area contributed by atoms with Gasteiger partial charge < -0.3 is 14.8 Å². The van der Waals surface area contributed by atoms with Crippen LogP contribution in [-0.4, -0.2) is 37.9 Å². The van der Waals surface area contributed by atoms with Crippen molar-refractivity contribution in [3.63, 3.8) is 0 Å². The van der Waals surface area contributed by atoms with Crippen LogP contribution in [0.5, 0.6) is 0 Å². The van der Waals surface area contributed by atoms with Gasteiger partial charge in [-0.05, 0) is 33.1 Å². The molecule has 1 unspecified atom stereocenters. The Morgan fingerprint density at radius 1 is 1.53 bits per heavy atom. The Bertz CT molecular complexity index is 188. The van der Waals surface area contributed by atoms with E-state index >= 15 is 0 Å². The van der Waals surface area contributed by atoms with E-state index in [0.717, 1.165) is 26.0 Å². The monoisotopic (exact) mass is 215 g/mol. The standard InChI is InChI=1S/C11H21NO3/c1-9(2)15-11(13)8-12-7-10-5-3-4-6-14-10/h9-10,12H,3-8H2,1-2H3. The molecule has 1 aliphatic heterocycles. The van der Waals surface area contributed by atoms with Crippen LogP contribution in [0.3, 0.4) is 0 Å². The summed E-state index contributed by atoms with van der Waals surface area (Å²) in [7, 11) is 0. The lowest BCUT2D eigenvalue weighted by atomic mass is 10.1. The molecule has 0 spiro atoms. The normalized spacial score (nSPS) is 21.7. The zero-order valence-corrected chi connectivity index (χ0v) is 9.62. The molecule has 1 fully saturated rings. The first kappa shape index (κ1) is 12.5. The molecule has 4 nitrogen and oxygen atoms in total. The Labute approximate surface area is 91.3 Å². The Morgan fingerprint density at radius 2 is 2.33 bits per heavy atom. The third-order valence-corrected chi connectivity index (χ3v) is 2.28.